The molecule has 0 bridgehead atoms. The maximum atomic E-state index is 13.8. The zero-order chi connectivity index (χ0) is 18.4. The molecule has 160 valence electrons. The minimum Gasteiger partial charge on any atom is -0.379 e. The molecule has 2 heterocycles. The maximum absolute atomic E-state index is 13.8. The highest BCUT2D eigenvalue weighted by atomic mass is 35.5. The third-order valence-corrected chi connectivity index (χ3v) is 5.02. The summed E-state index contributed by atoms with van der Waals surface area (Å²) < 4.78 is 25.1. The van der Waals surface area contributed by atoms with Crippen molar-refractivity contribution in [1.29, 1.82) is 0 Å². The lowest BCUT2D eigenvalue weighted by Crippen LogP contribution is -2.45. The summed E-state index contributed by atoms with van der Waals surface area (Å²) in [6.07, 6.45) is -0.291. The van der Waals surface area contributed by atoms with E-state index in [-0.39, 0.29) is 47.8 Å². The highest BCUT2D eigenvalue weighted by Crippen LogP contribution is 2.29. The van der Waals surface area contributed by atoms with Gasteiger partial charge in [-0.3, -0.25) is 9.69 Å². The number of nitrogens with one attached hydrogen (secondary N) is 2. The third-order valence-electron chi connectivity index (χ3n) is 4.72. The van der Waals surface area contributed by atoms with Gasteiger partial charge in [-0.2, -0.15) is 0 Å². The van der Waals surface area contributed by atoms with Gasteiger partial charge in [0.15, 0.2) is 0 Å². The summed E-state index contributed by atoms with van der Waals surface area (Å²) in [5.41, 5.74) is 0.739. The molecule has 2 aliphatic heterocycles. The van der Waals surface area contributed by atoms with Crippen molar-refractivity contribution in [2.24, 2.45) is 5.92 Å². The van der Waals surface area contributed by atoms with E-state index >= 15 is 0 Å². The van der Waals surface area contributed by atoms with Crippen LogP contribution in [0.15, 0.2) is 18.2 Å². The predicted octanol–water partition coefficient (Wildman–Crippen LogP) is 2.05. The van der Waals surface area contributed by atoms with Crippen molar-refractivity contribution in [3.05, 3.63) is 34.6 Å². The summed E-state index contributed by atoms with van der Waals surface area (Å²) >= 11 is 5.78. The first-order chi connectivity index (χ1) is 12.6. The lowest BCUT2D eigenvalue weighted by atomic mass is 9.95. The van der Waals surface area contributed by atoms with Crippen LogP contribution in [0.4, 0.5) is 4.39 Å². The SMILES string of the molecule is Cl.Cl.O=C(CN1CCOCC1)NC[C@@H]1CNCCO[C@H]1c1ccc(Cl)c(F)c1. The fourth-order valence-electron chi connectivity index (χ4n) is 3.29. The fraction of sp³-hybridized carbons (Fsp3) is 0.611. The summed E-state index contributed by atoms with van der Waals surface area (Å²) in [5, 5.41) is 6.39. The van der Waals surface area contributed by atoms with Crippen molar-refractivity contribution in [2.45, 2.75) is 6.10 Å². The van der Waals surface area contributed by atoms with Crippen LogP contribution in [-0.2, 0) is 14.3 Å². The zero-order valence-electron chi connectivity index (χ0n) is 15.5. The fourth-order valence-corrected chi connectivity index (χ4v) is 3.41. The van der Waals surface area contributed by atoms with E-state index in [9.17, 15) is 9.18 Å². The van der Waals surface area contributed by atoms with Crippen LogP contribution < -0.4 is 10.6 Å². The molecule has 1 aromatic rings. The van der Waals surface area contributed by atoms with Crippen molar-refractivity contribution >= 4 is 42.3 Å². The Kier molecular flexibility index (Phi) is 11.6. The van der Waals surface area contributed by atoms with Gasteiger partial charge in [-0.05, 0) is 17.7 Å². The molecule has 2 fully saturated rings. The number of benzene rings is 1. The number of nitrogens with zero attached hydrogens (tertiary/aromatic N) is 1. The molecule has 2 aliphatic rings. The second-order valence-corrected chi connectivity index (χ2v) is 7.03. The van der Waals surface area contributed by atoms with E-state index in [2.05, 4.69) is 15.5 Å². The van der Waals surface area contributed by atoms with Crippen LogP contribution >= 0.6 is 36.4 Å². The highest BCUT2D eigenvalue weighted by Gasteiger charge is 2.27. The largest absolute Gasteiger partial charge is 0.379 e. The molecule has 3 rings (SSSR count). The number of amides is 1. The van der Waals surface area contributed by atoms with Crippen molar-refractivity contribution in [3.63, 3.8) is 0 Å². The molecule has 0 aliphatic carbocycles. The summed E-state index contributed by atoms with van der Waals surface area (Å²) in [7, 11) is 0. The first-order valence-corrected chi connectivity index (χ1v) is 9.35. The quantitative estimate of drug-likeness (QED) is 0.707. The highest BCUT2D eigenvalue weighted by molar-refractivity contribution is 6.30. The average Bonchev–Trinajstić information content (AvgIpc) is 2.89. The van der Waals surface area contributed by atoms with E-state index in [1.54, 1.807) is 12.1 Å². The molecule has 2 N–H and O–H groups in total. The number of rotatable bonds is 5. The Morgan fingerprint density at radius 2 is 2.04 bits per heavy atom. The second-order valence-electron chi connectivity index (χ2n) is 6.62. The standard InChI is InChI=1S/C18H25ClFN3O3.2ClH/c19-15-2-1-13(9-16(15)20)18-14(10-21-3-6-26-18)11-22-17(24)12-23-4-7-25-8-5-23;;/h1-2,9,14,18,21H,3-8,10-12H2,(H,22,24);2*1H/t14-,18-;;/m0../s1. The number of hydrogen-bond donors (Lipinski definition) is 2. The molecule has 6 nitrogen and oxygen atoms in total. The van der Waals surface area contributed by atoms with Gasteiger partial charge in [0.25, 0.3) is 0 Å². The lowest BCUT2D eigenvalue weighted by molar-refractivity contribution is -0.123. The molecular formula is C18H27Cl3FN3O3. The monoisotopic (exact) mass is 457 g/mol. The van der Waals surface area contributed by atoms with E-state index in [0.29, 0.717) is 39.5 Å². The lowest BCUT2D eigenvalue weighted by Gasteiger charge is -2.28. The Bertz CT molecular complexity index is 621. The Labute approximate surface area is 182 Å². The van der Waals surface area contributed by atoms with Gasteiger partial charge in [0, 0.05) is 38.6 Å². The van der Waals surface area contributed by atoms with E-state index < -0.39 is 5.82 Å². The Balaban J connectivity index is 0.00000196. The summed E-state index contributed by atoms with van der Waals surface area (Å²) in [5.74, 6) is -0.469. The maximum Gasteiger partial charge on any atom is 0.234 e. The number of morpholine rings is 1. The number of halogens is 4. The topological polar surface area (TPSA) is 62.8 Å². The second kappa shape index (κ2) is 12.8. The van der Waals surface area contributed by atoms with Gasteiger partial charge in [-0.1, -0.05) is 17.7 Å². The van der Waals surface area contributed by atoms with Gasteiger partial charge in [0.05, 0.1) is 37.5 Å². The molecule has 0 aromatic heterocycles. The van der Waals surface area contributed by atoms with E-state index in [4.69, 9.17) is 21.1 Å². The molecule has 2 saturated heterocycles. The first-order valence-electron chi connectivity index (χ1n) is 8.97. The van der Waals surface area contributed by atoms with Crippen LogP contribution in [0.5, 0.6) is 0 Å². The van der Waals surface area contributed by atoms with E-state index in [1.165, 1.54) is 6.07 Å². The molecule has 2 atom stereocenters. The van der Waals surface area contributed by atoms with E-state index in [1.807, 2.05) is 0 Å². The minimum absolute atomic E-state index is 0. The van der Waals surface area contributed by atoms with Crippen LogP contribution in [0.3, 0.4) is 0 Å². The average molecular weight is 459 g/mol. The Hall–Kier alpha value is -0.670. The first kappa shape index (κ1) is 25.4. The van der Waals surface area contributed by atoms with Gasteiger partial charge in [-0.25, -0.2) is 4.39 Å². The van der Waals surface area contributed by atoms with Crippen LogP contribution in [0.1, 0.15) is 11.7 Å². The van der Waals surface area contributed by atoms with Crippen LogP contribution in [0.2, 0.25) is 5.02 Å². The molecule has 0 spiro atoms. The van der Waals surface area contributed by atoms with Gasteiger partial charge >= 0.3 is 0 Å². The van der Waals surface area contributed by atoms with Crippen LogP contribution in [0.25, 0.3) is 0 Å². The smallest absolute Gasteiger partial charge is 0.234 e. The molecule has 0 saturated carbocycles. The van der Waals surface area contributed by atoms with Gasteiger partial charge in [-0.15, -0.1) is 24.8 Å². The molecule has 28 heavy (non-hydrogen) atoms. The Morgan fingerprint density at radius 1 is 1.29 bits per heavy atom. The van der Waals surface area contributed by atoms with Crippen molar-refractivity contribution in [1.82, 2.24) is 15.5 Å². The normalized spacial score (nSPS) is 23.1. The van der Waals surface area contributed by atoms with Gasteiger partial charge in [0.1, 0.15) is 5.82 Å². The third kappa shape index (κ3) is 7.30. The summed E-state index contributed by atoms with van der Waals surface area (Å²) in [6.45, 7) is 5.65. The van der Waals surface area contributed by atoms with Crippen molar-refractivity contribution < 1.29 is 18.7 Å². The van der Waals surface area contributed by atoms with E-state index in [0.717, 1.165) is 25.2 Å². The molecule has 1 aromatic carbocycles. The van der Waals surface area contributed by atoms with Crippen LogP contribution in [-0.4, -0.2) is 69.9 Å². The summed E-state index contributed by atoms with van der Waals surface area (Å²) in [6, 6.07) is 4.74. The van der Waals surface area contributed by atoms with Crippen molar-refractivity contribution in [3.8, 4) is 0 Å². The number of carbonyl (C=O) groups excluding carboxylic acids is 1. The molecule has 1 amide bonds. The molecule has 0 unspecified atom stereocenters. The van der Waals surface area contributed by atoms with Gasteiger partial charge < -0.3 is 20.1 Å². The number of carbonyl (C=O) groups is 1. The van der Waals surface area contributed by atoms with Crippen molar-refractivity contribution in [2.75, 3.05) is 59.1 Å². The number of hydrogen-bond acceptors (Lipinski definition) is 5. The zero-order valence-corrected chi connectivity index (χ0v) is 17.9. The predicted molar refractivity (Wildman–Crippen MR) is 111 cm³/mol. The molecular weight excluding hydrogens is 432 g/mol. The van der Waals surface area contributed by atoms with Crippen LogP contribution in [0, 0.1) is 11.7 Å². The molecule has 10 heteroatoms. The Morgan fingerprint density at radius 3 is 2.75 bits per heavy atom. The summed E-state index contributed by atoms with van der Waals surface area (Å²) in [4.78, 5) is 14.3. The number of ether oxygens (including phenoxy) is 2. The molecule has 0 radical (unpaired) electrons. The van der Waals surface area contributed by atoms with Gasteiger partial charge in [0.2, 0.25) is 5.91 Å². The minimum atomic E-state index is -0.458.